The van der Waals surface area contributed by atoms with Crippen molar-refractivity contribution in [2.45, 2.75) is 32.6 Å². The number of nitrogens with zero attached hydrogens (tertiary/aromatic N) is 4. The van der Waals surface area contributed by atoms with Crippen LogP contribution in [0.25, 0.3) is 0 Å². The number of terminal acetylenes is 1. The van der Waals surface area contributed by atoms with E-state index in [1.165, 1.54) is 12.8 Å². The standard InChI is InChI=1S/C14H21N5O/c1-3-5-11-20-14-17-12(15-8-4-2)16-13(18-14)19-9-6-7-10-19/h1H,4-11H2,2H3,(H,15,16,17,18). The summed E-state index contributed by atoms with van der Waals surface area (Å²) in [7, 11) is 0. The molecule has 0 spiro atoms. The summed E-state index contributed by atoms with van der Waals surface area (Å²) in [6.45, 7) is 5.32. The quantitative estimate of drug-likeness (QED) is 0.603. The fourth-order valence-electron chi connectivity index (χ4n) is 1.99. The van der Waals surface area contributed by atoms with Crippen LogP contribution in [0.2, 0.25) is 0 Å². The Morgan fingerprint density at radius 2 is 2.10 bits per heavy atom. The predicted molar refractivity (Wildman–Crippen MR) is 79.0 cm³/mol. The van der Waals surface area contributed by atoms with Crippen molar-refractivity contribution in [3.63, 3.8) is 0 Å². The van der Waals surface area contributed by atoms with Crippen molar-refractivity contribution in [3.8, 4) is 18.4 Å². The Bertz CT molecular complexity index is 465. The molecule has 1 aromatic heterocycles. The highest BCUT2D eigenvalue weighted by molar-refractivity contribution is 5.39. The van der Waals surface area contributed by atoms with Gasteiger partial charge in [-0.25, -0.2) is 0 Å². The summed E-state index contributed by atoms with van der Waals surface area (Å²) >= 11 is 0. The smallest absolute Gasteiger partial charge is 0.323 e. The minimum Gasteiger partial charge on any atom is -0.462 e. The number of nitrogens with one attached hydrogen (secondary N) is 1. The molecule has 1 fully saturated rings. The van der Waals surface area contributed by atoms with Crippen LogP contribution in [0.5, 0.6) is 6.01 Å². The Morgan fingerprint density at radius 1 is 1.30 bits per heavy atom. The maximum atomic E-state index is 5.50. The van der Waals surface area contributed by atoms with Gasteiger partial charge in [0.1, 0.15) is 6.61 Å². The maximum Gasteiger partial charge on any atom is 0.323 e. The average Bonchev–Trinajstić information content (AvgIpc) is 2.99. The SMILES string of the molecule is C#CCCOc1nc(NCCC)nc(N2CCCC2)n1. The van der Waals surface area contributed by atoms with Crippen LogP contribution in [-0.2, 0) is 0 Å². The average molecular weight is 275 g/mol. The first-order chi connectivity index (χ1) is 9.83. The van der Waals surface area contributed by atoms with Crippen molar-refractivity contribution in [3.05, 3.63) is 0 Å². The minimum atomic E-state index is 0.343. The highest BCUT2D eigenvalue weighted by Gasteiger charge is 2.17. The topological polar surface area (TPSA) is 63.2 Å². The molecule has 2 heterocycles. The van der Waals surface area contributed by atoms with Gasteiger partial charge in [-0.15, -0.1) is 12.3 Å². The van der Waals surface area contributed by atoms with Crippen molar-refractivity contribution in [1.29, 1.82) is 0 Å². The molecule has 0 aliphatic carbocycles. The summed E-state index contributed by atoms with van der Waals surface area (Å²) in [5.41, 5.74) is 0. The van der Waals surface area contributed by atoms with E-state index in [9.17, 15) is 0 Å². The molecule has 108 valence electrons. The number of ether oxygens (including phenoxy) is 1. The second-order valence-corrected chi connectivity index (χ2v) is 4.67. The largest absolute Gasteiger partial charge is 0.462 e. The van der Waals surface area contributed by atoms with Gasteiger partial charge in [-0.05, 0) is 19.3 Å². The van der Waals surface area contributed by atoms with E-state index in [0.717, 1.165) is 26.1 Å². The van der Waals surface area contributed by atoms with E-state index >= 15 is 0 Å². The molecule has 1 aliphatic rings. The highest BCUT2D eigenvalue weighted by Crippen LogP contribution is 2.19. The lowest BCUT2D eigenvalue weighted by Crippen LogP contribution is -2.22. The predicted octanol–water partition coefficient (Wildman–Crippen LogP) is 1.70. The van der Waals surface area contributed by atoms with Crippen molar-refractivity contribution in [2.24, 2.45) is 0 Å². The van der Waals surface area contributed by atoms with Crippen molar-refractivity contribution in [2.75, 3.05) is 36.5 Å². The summed E-state index contributed by atoms with van der Waals surface area (Å²) in [5.74, 6) is 3.79. The number of hydrogen-bond donors (Lipinski definition) is 1. The van der Waals surface area contributed by atoms with Crippen LogP contribution in [0, 0.1) is 12.3 Å². The van der Waals surface area contributed by atoms with Gasteiger partial charge in [-0.2, -0.15) is 15.0 Å². The van der Waals surface area contributed by atoms with Crippen molar-refractivity contribution >= 4 is 11.9 Å². The molecule has 1 N–H and O–H groups in total. The summed E-state index contributed by atoms with van der Waals surface area (Å²) < 4.78 is 5.50. The van der Waals surface area contributed by atoms with Crippen LogP contribution in [-0.4, -0.2) is 41.2 Å². The second-order valence-electron chi connectivity index (χ2n) is 4.67. The molecule has 1 aromatic rings. The second kappa shape index (κ2) is 7.53. The van der Waals surface area contributed by atoms with E-state index in [2.05, 4.69) is 38.0 Å². The zero-order chi connectivity index (χ0) is 14.2. The van der Waals surface area contributed by atoms with Crippen LogP contribution in [0.4, 0.5) is 11.9 Å². The van der Waals surface area contributed by atoms with Gasteiger partial charge >= 0.3 is 6.01 Å². The summed E-state index contributed by atoms with van der Waals surface area (Å²) in [6, 6.07) is 0.343. The monoisotopic (exact) mass is 275 g/mol. The summed E-state index contributed by atoms with van der Waals surface area (Å²) in [4.78, 5) is 15.2. The molecule has 0 aromatic carbocycles. The normalized spacial score (nSPS) is 14.1. The van der Waals surface area contributed by atoms with Gasteiger partial charge in [0.15, 0.2) is 0 Å². The van der Waals surface area contributed by atoms with E-state index in [0.29, 0.717) is 30.9 Å². The summed E-state index contributed by atoms with van der Waals surface area (Å²) in [6.07, 6.45) is 9.12. The van der Waals surface area contributed by atoms with E-state index in [1.807, 2.05) is 0 Å². The molecule has 0 saturated carbocycles. The van der Waals surface area contributed by atoms with Gasteiger partial charge in [0.05, 0.1) is 0 Å². The fourth-order valence-corrected chi connectivity index (χ4v) is 1.99. The van der Waals surface area contributed by atoms with Crippen molar-refractivity contribution < 1.29 is 4.74 Å². The summed E-state index contributed by atoms with van der Waals surface area (Å²) in [5, 5.41) is 3.18. The molecule has 0 unspecified atom stereocenters. The number of aromatic nitrogens is 3. The van der Waals surface area contributed by atoms with Crippen LogP contribution in [0.3, 0.4) is 0 Å². The van der Waals surface area contributed by atoms with Gasteiger partial charge in [-0.3, -0.25) is 0 Å². The lowest BCUT2D eigenvalue weighted by Gasteiger charge is -2.16. The van der Waals surface area contributed by atoms with Crippen LogP contribution >= 0.6 is 0 Å². The molecule has 0 radical (unpaired) electrons. The Labute approximate surface area is 120 Å². The molecule has 1 saturated heterocycles. The molecule has 1 aliphatic heterocycles. The Balaban J connectivity index is 2.12. The number of hydrogen-bond acceptors (Lipinski definition) is 6. The lowest BCUT2D eigenvalue weighted by molar-refractivity contribution is 0.300. The van der Waals surface area contributed by atoms with Crippen LogP contribution in [0.1, 0.15) is 32.6 Å². The van der Waals surface area contributed by atoms with E-state index in [4.69, 9.17) is 11.2 Å². The van der Waals surface area contributed by atoms with Gasteiger partial charge in [0, 0.05) is 26.1 Å². The van der Waals surface area contributed by atoms with Crippen LogP contribution in [0.15, 0.2) is 0 Å². The molecule has 0 amide bonds. The zero-order valence-electron chi connectivity index (χ0n) is 11.9. The Kier molecular flexibility index (Phi) is 5.42. The Morgan fingerprint density at radius 3 is 2.80 bits per heavy atom. The third kappa shape index (κ3) is 3.98. The molecule has 20 heavy (non-hydrogen) atoms. The third-order valence-electron chi connectivity index (χ3n) is 3.00. The van der Waals surface area contributed by atoms with Crippen molar-refractivity contribution in [1.82, 2.24) is 15.0 Å². The molecule has 0 atom stereocenters. The van der Waals surface area contributed by atoms with E-state index in [-0.39, 0.29) is 0 Å². The Hall–Kier alpha value is -2.03. The van der Waals surface area contributed by atoms with Gasteiger partial charge in [0.2, 0.25) is 11.9 Å². The molecular weight excluding hydrogens is 254 g/mol. The van der Waals surface area contributed by atoms with E-state index in [1.54, 1.807) is 0 Å². The first-order valence-electron chi connectivity index (χ1n) is 7.14. The molecule has 6 nitrogen and oxygen atoms in total. The molecule has 2 rings (SSSR count). The molecule has 6 heteroatoms. The van der Waals surface area contributed by atoms with Gasteiger partial charge < -0.3 is 15.0 Å². The first kappa shape index (κ1) is 14.4. The third-order valence-corrected chi connectivity index (χ3v) is 3.00. The van der Waals surface area contributed by atoms with Gasteiger partial charge in [-0.1, -0.05) is 6.92 Å². The van der Waals surface area contributed by atoms with Gasteiger partial charge in [0.25, 0.3) is 0 Å². The molecule has 0 bridgehead atoms. The highest BCUT2D eigenvalue weighted by atomic mass is 16.5. The minimum absolute atomic E-state index is 0.343. The fraction of sp³-hybridized carbons (Fsp3) is 0.643. The zero-order valence-corrected chi connectivity index (χ0v) is 11.9. The van der Waals surface area contributed by atoms with Crippen LogP contribution < -0.4 is 15.0 Å². The van der Waals surface area contributed by atoms with E-state index < -0.39 is 0 Å². The first-order valence-corrected chi connectivity index (χ1v) is 7.14. The lowest BCUT2D eigenvalue weighted by atomic mass is 10.4. The number of anilines is 2. The number of rotatable bonds is 7. The maximum absolute atomic E-state index is 5.50. The molecular formula is C14H21N5O.